The summed E-state index contributed by atoms with van der Waals surface area (Å²) in [5, 5.41) is 1.97. The molecular formula is C20H13ClFN3. The number of anilines is 1. The summed E-state index contributed by atoms with van der Waals surface area (Å²) in [4.78, 5) is 8.62. The van der Waals surface area contributed by atoms with Crippen LogP contribution in [-0.4, -0.2) is 9.97 Å². The highest BCUT2D eigenvalue weighted by Gasteiger charge is 2.11. The van der Waals surface area contributed by atoms with Crippen LogP contribution in [0.3, 0.4) is 0 Å². The van der Waals surface area contributed by atoms with E-state index in [2.05, 4.69) is 9.97 Å². The first-order valence-electron chi connectivity index (χ1n) is 7.68. The van der Waals surface area contributed by atoms with Crippen LogP contribution in [0.2, 0.25) is 5.02 Å². The van der Waals surface area contributed by atoms with Gasteiger partial charge >= 0.3 is 0 Å². The van der Waals surface area contributed by atoms with E-state index in [1.54, 1.807) is 24.5 Å². The summed E-state index contributed by atoms with van der Waals surface area (Å²) in [5.41, 5.74) is 9.35. The van der Waals surface area contributed by atoms with Gasteiger partial charge in [-0.15, -0.1) is 0 Å². The van der Waals surface area contributed by atoms with Crippen molar-refractivity contribution in [2.45, 2.75) is 0 Å². The molecule has 4 aromatic rings. The van der Waals surface area contributed by atoms with Crippen LogP contribution in [0.5, 0.6) is 0 Å². The first kappa shape index (κ1) is 15.5. The van der Waals surface area contributed by atoms with Crippen molar-refractivity contribution < 1.29 is 4.39 Å². The zero-order valence-corrected chi connectivity index (χ0v) is 13.8. The van der Waals surface area contributed by atoms with Gasteiger partial charge in [-0.1, -0.05) is 29.8 Å². The van der Waals surface area contributed by atoms with Gasteiger partial charge in [-0.25, -0.2) is 9.37 Å². The number of nitrogens with two attached hydrogens (primary N) is 1. The van der Waals surface area contributed by atoms with Crippen molar-refractivity contribution in [2.24, 2.45) is 0 Å². The summed E-state index contributed by atoms with van der Waals surface area (Å²) in [6, 6.07) is 16.3. The van der Waals surface area contributed by atoms with Gasteiger partial charge in [0.05, 0.1) is 10.7 Å². The second-order valence-corrected chi connectivity index (χ2v) is 6.07. The number of fused-ring (bicyclic) bond motifs is 1. The van der Waals surface area contributed by atoms with E-state index < -0.39 is 5.82 Å². The molecule has 2 aromatic heterocycles. The molecule has 0 saturated heterocycles. The number of rotatable bonds is 2. The highest BCUT2D eigenvalue weighted by atomic mass is 35.5. The van der Waals surface area contributed by atoms with Gasteiger partial charge in [0.2, 0.25) is 0 Å². The first-order valence-corrected chi connectivity index (χ1v) is 8.06. The SMILES string of the molecule is Nc1nccc2ccc(-c3cccnc3-c3ccc(F)c(Cl)c3)cc12. The van der Waals surface area contributed by atoms with Crippen LogP contribution >= 0.6 is 11.6 Å². The lowest BCUT2D eigenvalue weighted by Gasteiger charge is -2.11. The minimum atomic E-state index is -0.451. The van der Waals surface area contributed by atoms with E-state index in [9.17, 15) is 4.39 Å². The van der Waals surface area contributed by atoms with Gasteiger partial charge in [0.15, 0.2) is 0 Å². The molecule has 0 radical (unpaired) electrons. The van der Waals surface area contributed by atoms with E-state index >= 15 is 0 Å². The van der Waals surface area contributed by atoms with Crippen LogP contribution in [0.15, 0.2) is 67.0 Å². The number of aromatic nitrogens is 2. The molecule has 0 bridgehead atoms. The first-order chi connectivity index (χ1) is 12.1. The third-order valence-corrected chi connectivity index (χ3v) is 4.40. The smallest absolute Gasteiger partial charge is 0.141 e. The number of halogens is 2. The predicted octanol–water partition coefficient (Wildman–Crippen LogP) is 5.34. The van der Waals surface area contributed by atoms with Gasteiger partial charge in [0.1, 0.15) is 11.6 Å². The number of hydrogen-bond acceptors (Lipinski definition) is 3. The molecule has 0 spiro atoms. The molecule has 0 aliphatic heterocycles. The second-order valence-electron chi connectivity index (χ2n) is 5.66. The quantitative estimate of drug-likeness (QED) is 0.531. The molecule has 122 valence electrons. The molecule has 5 heteroatoms. The van der Waals surface area contributed by atoms with Gasteiger partial charge in [0.25, 0.3) is 0 Å². The molecule has 3 nitrogen and oxygen atoms in total. The molecule has 25 heavy (non-hydrogen) atoms. The van der Waals surface area contributed by atoms with Gasteiger partial charge < -0.3 is 5.73 Å². The third kappa shape index (κ3) is 2.81. The van der Waals surface area contributed by atoms with Crippen LogP contribution in [0.1, 0.15) is 0 Å². The van der Waals surface area contributed by atoms with Gasteiger partial charge in [-0.05, 0) is 47.3 Å². The molecule has 0 fully saturated rings. The molecule has 0 atom stereocenters. The normalized spacial score (nSPS) is 11.0. The minimum Gasteiger partial charge on any atom is -0.383 e. The monoisotopic (exact) mass is 349 g/mol. The molecule has 2 heterocycles. The van der Waals surface area contributed by atoms with Crippen LogP contribution in [0, 0.1) is 5.82 Å². The summed E-state index contributed by atoms with van der Waals surface area (Å²) in [6.45, 7) is 0. The Bertz CT molecular complexity index is 1100. The Morgan fingerprint density at radius 3 is 2.56 bits per heavy atom. The summed E-state index contributed by atoms with van der Waals surface area (Å²) in [5.74, 6) is 0.0297. The van der Waals surface area contributed by atoms with Crippen molar-refractivity contribution >= 4 is 28.2 Å². The maximum atomic E-state index is 13.5. The van der Waals surface area contributed by atoms with E-state index in [1.807, 2.05) is 36.4 Å². The molecule has 2 N–H and O–H groups in total. The fourth-order valence-electron chi connectivity index (χ4n) is 2.87. The number of pyridine rings is 2. The Kier molecular flexibility index (Phi) is 3.82. The molecule has 2 aromatic carbocycles. The lowest BCUT2D eigenvalue weighted by Crippen LogP contribution is -1.93. The minimum absolute atomic E-state index is 0.0704. The maximum absolute atomic E-state index is 13.5. The van der Waals surface area contributed by atoms with E-state index in [-0.39, 0.29) is 5.02 Å². The molecule has 0 saturated carbocycles. The Labute approximate surface area is 148 Å². The fraction of sp³-hybridized carbons (Fsp3) is 0. The van der Waals surface area contributed by atoms with E-state index in [0.29, 0.717) is 5.82 Å². The predicted molar refractivity (Wildman–Crippen MR) is 99.8 cm³/mol. The van der Waals surface area contributed by atoms with Crippen molar-refractivity contribution in [3.63, 3.8) is 0 Å². The summed E-state index contributed by atoms with van der Waals surface area (Å²) in [6.07, 6.45) is 3.39. The standard InChI is InChI=1S/C20H13ClFN3/c21-17-11-14(5-6-18(17)22)19-15(2-1-8-24-19)13-4-3-12-7-9-25-20(23)16(12)10-13/h1-11H,(H2,23,25). The summed E-state index contributed by atoms with van der Waals surface area (Å²) in [7, 11) is 0. The van der Waals surface area contributed by atoms with Crippen LogP contribution < -0.4 is 5.73 Å². The topological polar surface area (TPSA) is 51.8 Å². The molecule has 0 unspecified atom stereocenters. The largest absolute Gasteiger partial charge is 0.383 e. The average molecular weight is 350 g/mol. The van der Waals surface area contributed by atoms with Crippen molar-refractivity contribution in [3.8, 4) is 22.4 Å². The molecular weight excluding hydrogens is 337 g/mol. The summed E-state index contributed by atoms with van der Waals surface area (Å²) < 4.78 is 13.5. The maximum Gasteiger partial charge on any atom is 0.141 e. The number of nitrogen functional groups attached to an aromatic ring is 1. The average Bonchev–Trinajstić information content (AvgIpc) is 2.64. The highest BCUT2D eigenvalue weighted by Crippen LogP contribution is 2.34. The van der Waals surface area contributed by atoms with Gasteiger partial charge in [-0.2, -0.15) is 0 Å². The van der Waals surface area contributed by atoms with Crippen molar-refractivity contribution in [2.75, 3.05) is 5.73 Å². The molecule has 0 aliphatic rings. The number of benzene rings is 2. The highest BCUT2D eigenvalue weighted by molar-refractivity contribution is 6.31. The molecule has 0 amide bonds. The zero-order valence-electron chi connectivity index (χ0n) is 13.1. The van der Waals surface area contributed by atoms with Gasteiger partial charge in [-0.3, -0.25) is 4.98 Å². The van der Waals surface area contributed by atoms with Crippen LogP contribution in [0.25, 0.3) is 33.2 Å². The van der Waals surface area contributed by atoms with Crippen molar-refractivity contribution in [1.29, 1.82) is 0 Å². The Morgan fingerprint density at radius 2 is 1.72 bits per heavy atom. The van der Waals surface area contributed by atoms with Crippen LogP contribution in [-0.2, 0) is 0 Å². The lowest BCUT2D eigenvalue weighted by atomic mass is 9.97. The fourth-order valence-corrected chi connectivity index (χ4v) is 3.05. The van der Waals surface area contributed by atoms with E-state index in [1.165, 1.54) is 6.07 Å². The van der Waals surface area contributed by atoms with E-state index in [4.69, 9.17) is 17.3 Å². The van der Waals surface area contributed by atoms with E-state index in [0.717, 1.165) is 33.2 Å². The lowest BCUT2D eigenvalue weighted by molar-refractivity contribution is 0.628. The molecule has 4 rings (SSSR count). The van der Waals surface area contributed by atoms with Crippen molar-refractivity contribution in [1.82, 2.24) is 9.97 Å². The second kappa shape index (κ2) is 6.15. The third-order valence-electron chi connectivity index (χ3n) is 4.11. The van der Waals surface area contributed by atoms with Crippen molar-refractivity contribution in [3.05, 3.63) is 77.8 Å². The molecule has 0 aliphatic carbocycles. The summed E-state index contributed by atoms with van der Waals surface area (Å²) >= 11 is 5.93. The Morgan fingerprint density at radius 1 is 0.880 bits per heavy atom. The van der Waals surface area contributed by atoms with Crippen LogP contribution in [0.4, 0.5) is 10.2 Å². The zero-order chi connectivity index (χ0) is 17.4. The Balaban J connectivity index is 1.92. The Hall–Kier alpha value is -2.98. The van der Waals surface area contributed by atoms with Gasteiger partial charge in [0, 0.05) is 28.9 Å². The number of hydrogen-bond donors (Lipinski definition) is 1. The number of nitrogens with zero attached hydrogens (tertiary/aromatic N) is 2.